The van der Waals surface area contributed by atoms with Crippen LogP contribution in [-0.2, 0) is 14.4 Å². The standard InChI is InChI=1S/C9H14N2O4/c1-6(12)10-2-3-11-5-7(9(14)15)4-8(11)13/h7H,2-5H2,1H3,(H,10,12)(H,14,15). The predicted octanol–water partition coefficient (Wildman–Crippen LogP) is -0.944. The van der Waals surface area contributed by atoms with Gasteiger partial charge in [-0.05, 0) is 0 Å². The van der Waals surface area contributed by atoms with E-state index < -0.39 is 11.9 Å². The summed E-state index contributed by atoms with van der Waals surface area (Å²) in [6.45, 7) is 2.38. The van der Waals surface area contributed by atoms with E-state index >= 15 is 0 Å². The number of amides is 2. The summed E-state index contributed by atoms with van der Waals surface area (Å²) in [7, 11) is 0. The minimum Gasteiger partial charge on any atom is -0.481 e. The second-order valence-electron chi connectivity index (χ2n) is 3.56. The molecule has 6 heteroatoms. The highest BCUT2D eigenvalue weighted by atomic mass is 16.4. The van der Waals surface area contributed by atoms with Crippen LogP contribution in [0.3, 0.4) is 0 Å². The Morgan fingerprint density at radius 1 is 1.60 bits per heavy atom. The molecule has 0 aromatic carbocycles. The van der Waals surface area contributed by atoms with Gasteiger partial charge in [-0.3, -0.25) is 14.4 Å². The minimum absolute atomic E-state index is 0.0649. The van der Waals surface area contributed by atoms with E-state index in [0.717, 1.165) is 0 Å². The highest BCUT2D eigenvalue weighted by Crippen LogP contribution is 2.16. The largest absolute Gasteiger partial charge is 0.481 e. The maximum Gasteiger partial charge on any atom is 0.308 e. The Kier molecular flexibility index (Phi) is 3.65. The number of hydrogen-bond donors (Lipinski definition) is 2. The number of carboxylic acids is 1. The van der Waals surface area contributed by atoms with Gasteiger partial charge in [0.1, 0.15) is 0 Å². The molecule has 0 aromatic rings. The third-order valence-corrected chi connectivity index (χ3v) is 2.32. The fourth-order valence-electron chi connectivity index (χ4n) is 1.52. The molecular weight excluding hydrogens is 200 g/mol. The van der Waals surface area contributed by atoms with Crippen LogP contribution in [0.4, 0.5) is 0 Å². The maximum absolute atomic E-state index is 11.3. The lowest BCUT2D eigenvalue weighted by atomic mass is 10.1. The molecule has 0 aliphatic carbocycles. The molecule has 0 radical (unpaired) electrons. The Morgan fingerprint density at radius 3 is 2.73 bits per heavy atom. The third kappa shape index (κ3) is 3.23. The molecule has 1 fully saturated rings. The van der Waals surface area contributed by atoms with E-state index in [1.165, 1.54) is 11.8 Å². The normalized spacial score (nSPS) is 20.5. The van der Waals surface area contributed by atoms with Gasteiger partial charge in [0.25, 0.3) is 0 Å². The molecule has 15 heavy (non-hydrogen) atoms. The first-order chi connectivity index (χ1) is 7.00. The Labute approximate surface area is 87.2 Å². The van der Waals surface area contributed by atoms with Gasteiger partial charge in [0.05, 0.1) is 5.92 Å². The second-order valence-corrected chi connectivity index (χ2v) is 3.56. The third-order valence-electron chi connectivity index (χ3n) is 2.32. The summed E-state index contributed by atoms with van der Waals surface area (Å²) in [4.78, 5) is 34.0. The van der Waals surface area contributed by atoms with Gasteiger partial charge in [-0.15, -0.1) is 0 Å². The number of aliphatic carboxylic acids is 1. The molecule has 1 saturated heterocycles. The number of nitrogens with one attached hydrogen (secondary N) is 1. The van der Waals surface area contributed by atoms with E-state index in [2.05, 4.69) is 5.32 Å². The Hall–Kier alpha value is -1.59. The molecule has 1 aliphatic rings. The number of likely N-dealkylation sites (tertiary alicyclic amines) is 1. The van der Waals surface area contributed by atoms with Gasteiger partial charge in [-0.2, -0.15) is 0 Å². The molecule has 1 aliphatic heterocycles. The van der Waals surface area contributed by atoms with E-state index in [1.807, 2.05) is 0 Å². The molecule has 84 valence electrons. The Bertz CT molecular complexity index is 290. The van der Waals surface area contributed by atoms with Crippen LogP contribution in [0, 0.1) is 5.92 Å². The van der Waals surface area contributed by atoms with E-state index in [-0.39, 0.29) is 24.8 Å². The summed E-state index contributed by atoms with van der Waals surface area (Å²) in [5.41, 5.74) is 0. The van der Waals surface area contributed by atoms with Gasteiger partial charge < -0.3 is 15.3 Å². The zero-order chi connectivity index (χ0) is 11.4. The van der Waals surface area contributed by atoms with Crippen LogP contribution in [0.15, 0.2) is 0 Å². The minimum atomic E-state index is -0.939. The van der Waals surface area contributed by atoms with E-state index in [0.29, 0.717) is 13.1 Å². The number of hydrogen-bond acceptors (Lipinski definition) is 3. The van der Waals surface area contributed by atoms with Crippen molar-refractivity contribution in [1.82, 2.24) is 10.2 Å². The first-order valence-electron chi connectivity index (χ1n) is 4.75. The molecule has 2 N–H and O–H groups in total. The van der Waals surface area contributed by atoms with Crippen LogP contribution in [-0.4, -0.2) is 47.4 Å². The van der Waals surface area contributed by atoms with Gasteiger partial charge in [0, 0.05) is 33.0 Å². The van der Waals surface area contributed by atoms with Crippen molar-refractivity contribution in [3.05, 3.63) is 0 Å². The molecule has 0 saturated carbocycles. The van der Waals surface area contributed by atoms with Crippen LogP contribution in [0.2, 0.25) is 0 Å². The summed E-state index contributed by atoms with van der Waals surface area (Å²) in [6.07, 6.45) is 0.0649. The number of carbonyl (C=O) groups excluding carboxylic acids is 2. The van der Waals surface area contributed by atoms with Gasteiger partial charge in [0.15, 0.2) is 0 Å². The molecule has 6 nitrogen and oxygen atoms in total. The van der Waals surface area contributed by atoms with Crippen molar-refractivity contribution in [1.29, 1.82) is 0 Å². The van der Waals surface area contributed by atoms with Crippen molar-refractivity contribution < 1.29 is 19.5 Å². The van der Waals surface area contributed by atoms with Crippen molar-refractivity contribution in [3.63, 3.8) is 0 Å². The maximum atomic E-state index is 11.3. The van der Waals surface area contributed by atoms with Gasteiger partial charge in [-0.1, -0.05) is 0 Å². The van der Waals surface area contributed by atoms with Crippen LogP contribution < -0.4 is 5.32 Å². The lowest BCUT2D eigenvalue weighted by Crippen LogP contribution is -2.35. The summed E-state index contributed by atoms with van der Waals surface area (Å²) in [6, 6.07) is 0. The molecule has 0 spiro atoms. The molecule has 2 amide bonds. The average Bonchev–Trinajstić information content (AvgIpc) is 2.47. The molecule has 0 bridgehead atoms. The van der Waals surface area contributed by atoms with Crippen molar-refractivity contribution in [2.75, 3.05) is 19.6 Å². The predicted molar refractivity (Wildman–Crippen MR) is 51.0 cm³/mol. The Balaban J connectivity index is 2.34. The summed E-state index contributed by atoms with van der Waals surface area (Å²) in [5, 5.41) is 11.3. The van der Waals surface area contributed by atoms with Gasteiger partial charge >= 0.3 is 5.97 Å². The quantitative estimate of drug-likeness (QED) is 0.632. The lowest BCUT2D eigenvalue weighted by Gasteiger charge is -2.15. The first kappa shape index (κ1) is 11.5. The second kappa shape index (κ2) is 4.77. The fourth-order valence-corrected chi connectivity index (χ4v) is 1.52. The van der Waals surface area contributed by atoms with E-state index in [1.54, 1.807) is 0 Å². The monoisotopic (exact) mass is 214 g/mol. The van der Waals surface area contributed by atoms with Gasteiger partial charge in [-0.25, -0.2) is 0 Å². The van der Waals surface area contributed by atoms with E-state index in [4.69, 9.17) is 5.11 Å². The zero-order valence-corrected chi connectivity index (χ0v) is 8.52. The SMILES string of the molecule is CC(=O)NCCN1CC(C(=O)O)CC1=O. The van der Waals surface area contributed by atoms with Crippen molar-refractivity contribution in [2.45, 2.75) is 13.3 Å². The van der Waals surface area contributed by atoms with Crippen LogP contribution in [0.5, 0.6) is 0 Å². The van der Waals surface area contributed by atoms with E-state index in [9.17, 15) is 14.4 Å². The molecule has 1 unspecified atom stereocenters. The molecule has 0 aromatic heterocycles. The highest BCUT2D eigenvalue weighted by molar-refractivity contribution is 5.86. The highest BCUT2D eigenvalue weighted by Gasteiger charge is 2.33. The van der Waals surface area contributed by atoms with Crippen molar-refractivity contribution >= 4 is 17.8 Å². The van der Waals surface area contributed by atoms with Crippen LogP contribution in [0.1, 0.15) is 13.3 Å². The average molecular weight is 214 g/mol. The lowest BCUT2D eigenvalue weighted by molar-refractivity contribution is -0.141. The molecule has 1 heterocycles. The van der Waals surface area contributed by atoms with Crippen LogP contribution >= 0.6 is 0 Å². The van der Waals surface area contributed by atoms with Crippen molar-refractivity contribution in [2.24, 2.45) is 5.92 Å². The smallest absolute Gasteiger partial charge is 0.308 e. The first-order valence-corrected chi connectivity index (χ1v) is 4.75. The summed E-state index contributed by atoms with van der Waals surface area (Å²) >= 11 is 0. The number of rotatable bonds is 4. The molecular formula is C9H14N2O4. The Morgan fingerprint density at radius 2 is 2.27 bits per heavy atom. The van der Waals surface area contributed by atoms with Crippen molar-refractivity contribution in [3.8, 4) is 0 Å². The zero-order valence-electron chi connectivity index (χ0n) is 8.52. The summed E-state index contributed by atoms with van der Waals surface area (Å²) < 4.78 is 0. The van der Waals surface area contributed by atoms with Crippen LogP contribution in [0.25, 0.3) is 0 Å². The summed E-state index contributed by atoms with van der Waals surface area (Å²) in [5.74, 6) is -1.86. The topological polar surface area (TPSA) is 86.7 Å². The number of nitrogens with zero attached hydrogens (tertiary/aromatic N) is 1. The fraction of sp³-hybridized carbons (Fsp3) is 0.667. The molecule has 1 rings (SSSR count). The molecule has 1 atom stereocenters. The van der Waals surface area contributed by atoms with Gasteiger partial charge in [0.2, 0.25) is 11.8 Å². The number of carboxylic acid groups (broad SMARTS) is 1. The number of carbonyl (C=O) groups is 3.